The summed E-state index contributed by atoms with van der Waals surface area (Å²) in [6.45, 7) is 8.67. The van der Waals surface area contributed by atoms with Crippen LogP contribution >= 0.6 is 0 Å². The largest absolute Gasteiger partial charge is 0.496 e. The molecule has 1 aromatic rings. The average molecular weight is 266 g/mol. The quantitative estimate of drug-likeness (QED) is 0.876. The molecule has 0 bridgehead atoms. The van der Waals surface area contributed by atoms with Crippen LogP contribution in [0.1, 0.15) is 45.7 Å². The lowest BCUT2D eigenvalue weighted by molar-refractivity contribution is 0.238. The smallest absolute Gasteiger partial charge is 0.315 e. The summed E-state index contributed by atoms with van der Waals surface area (Å²) in [5.41, 5.74) is 0.969. The molecule has 2 N–H and O–H groups in total. The van der Waals surface area contributed by atoms with Crippen molar-refractivity contribution in [1.82, 2.24) is 10.6 Å². The summed E-state index contributed by atoms with van der Waals surface area (Å²) < 4.78 is 5.24. The van der Waals surface area contributed by atoms with Gasteiger partial charge in [-0.2, -0.15) is 0 Å². The fourth-order valence-electron chi connectivity index (χ4n) is 1.51. The fourth-order valence-corrected chi connectivity index (χ4v) is 1.51. The lowest BCUT2D eigenvalue weighted by Crippen LogP contribution is -2.36. The molecule has 0 unspecified atom stereocenters. The van der Waals surface area contributed by atoms with Crippen LogP contribution in [0.25, 0.3) is 0 Å². The van der Waals surface area contributed by atoms with E-state index in [1.807, 2.05) is 38.1 Å². The van der Waals surface area contributed by atoms with Crippen LogP contribution < -0.4 is 15.4 Å². The third-order valence-corrected chi connectivity index (χ3v) is 2.29. The van der Waals surface area contributed by atoms with Gasteiger partial charge in [0.15, 0.2) is 0 Å². The van der Waals surface area contributed by atoms with Crippen molar-refractivity contribution in [2.24, 2.45) is 0 Å². The zero-order chi connectivity index (χ0) is 14.7. The summed E-state index contributed by atoms with van der Waals surface area (Å²) >= 11 is 0. The van der Waals surface area contributed by atoms with Gasteiger partial charge in [-0.3, -0.25) is 0 Å². The summed E-state index contributed by atoms with van der Waals surface area (Å²) in [6.07, 6.45) is 1.25. The van der Waals surface area contributed by atoms with Crippen LogP contribution in [0, 0.1) is 0 Å². The van der Waals surface area contributed by atoms with E-state index >= 15 is 0 Å². The molecule has 0 radical (unpaired) electrons. The molecule has 108 valence electrons. The van der Waals surface area contributed by atoms with Gasteiger partial charge in [-0.15, -0.1) is 0 Å². The summed E-state index contributed by atoms with van der Waals surface area (Å²) in [6, 6.07) is 7.40. The number of carbonyl (C=O) groups excluding carboxylic acids is 1. The Morgan fingerprint density at radius 3 is 2.37 bits per heavy atom. The third kappa shape index (κ3) is 6.70. The highest BCUT2D eigenvalue weighted by Crippen LogP contribution is 2.23. The van der Waals surface area contributed by atoms with Crippen molar-refractivity contribution in [3.63, 3.8) is 0 Å². The van der Waals surface area contributed by atoms with E-state index in [1.54, 1.807) is 7.11 Å². The molecular formula is C15H26N2O2. The Morgan fingerprint density at radius 2 is 1.84 bits per heavy atom. The molecule has 4 nitrogen and oxygen atoms in total. The molecule has 1 atom stereocenters. The third-order valence-electron chi connectivity index (χ3n) is 2.29. The number of ether oxygens (including phenoxy) is 1. The Labute approximate surface area is 116 Å². The van der Waals surface area contributed by atoms with E-state index in [2.05, 4.69) is 24.5 Å². The van der Waals surface area contributed by atoms with Crippen LogP contribution in [0.4, 0.5) is 4.79 Å². The second-order valence-electron chi connectivity index (χ2n) is 4.17. The Morgan fingerprint density at radius 1 is 1.26 bits per heavy atom. The molecule has 0 aliphatic heterocycles. The van der Waals surface area contributed by atoms with Crippen LogP contribution in [0.3, 0.4) is 0 Å². The maximum absolute atomic E-state index is 11.4. The molecule has 0 fully saturated rings. The van der Waals surface area contributed by atoms with Crippen molar-refractivity contribution in [3.8, 4) is 5.75 Å². The van der Waals surface area contributed by atoms with Gasteiger partial charge in [0.25, 0.3) is 0 Å². The van der Waals surface area contributed by atoms with E-state index in [9.17, 15) is 4.79 Å². The second kappa shape index (κ2) is 10.2. The molecule has 0 heterocycles. The van der Waals surface area contributed by atoms with E-state index < -0.39 is 0 Å². The van der Waals surface area contributed by atoms with Gasteiger partial charge in [0, 0.05) is 12.1 Å². The minimum Gasteiger partial charge on any atom is -0.496 e. The maximum Gasteiger partial charge on any atom is 0.315 e. The van der Waals surface area contributed by atoms with Crippen molar-refractivity contribution < 1.29 is 9.53 Å². The van der Waals surface area contributed by atoms with Gasteiger partial charge in [-0.1, -0.05) is 38.5 Å². The number of benzene rings is 1. The average Bonchev–Trinajstić information content (AvgIpc) is 2.39. The normalized spacial score (nSPS) is 10.8. The van der Waals surface area contributed by atoms with Crippen molar-refractivity contribution in [2.75, 3.05) is 13.7 Å². The van der Waals surface area contributed by atoms with Crippen molar-refractivity contribution >= 4 is 6.03 Å². The number of para-hydroxylation sites is 1. The van der Waals surface area contributed by atoms with Crippen LogP contribution in [-0.4, -0.2) is 19.7 Å². The zero-order valence-electron chi connectivity index (χ0n) is 12.6. The molecule has 0 aliphatic carbocycles. The minimum absolute atomic E-state index is 0.0808. The first-order valence-corrected chi connectivity index (χ1v) is 6.77. The molecule has 2 amide bonds. The fraction of sp³-hybridized carbons (Fsp3) is 0.533. The van der Waals surface area contributed by atoms with Gasteiger partial charge in [-0.05, 0) is 19.9 Å². The Balaban J connectivity index is 0.000000982. The summed E-state index contributed by atoms with van der Waals surface area (Å²) in [5.74, 6) is 0.784. The standard InChI is InChI=1S/C12H18N2O2.C3H8/c1-4-13-12(15)14-9(2)10-7-5-6-8-11(10)16-3;1-3-2/h5-9H,4H2,1-3H3,(H2,13,14,15);3H2,1-2H3/t9-;/m0./s1. The lowest BCUT2D eigenvalue weighted by atomic mass is 10.1. The Hall–Kier alpha value is -1.71. The zero-order valence-corrected chi connectivity index (χ0v) is 12.6. The van der Waals surface area contributed by atoms with Crippen molar-refractivity contribution in [3.05, 3.63) is 29.8 Å². The van der Waals surface area contributed by atoms with Crippen molar-refractivity contribution in [2.45, 2.75) is 40.2 Å². The topological polar surface area (TPSA) is 50.4 Å². The molecule has 1 aromatic carbocycles. The van der Waals surface area contributed by atoms with E-state index in [0.717, 1.165) is 11.3 Å². The predicted octanol–water partition coefficient (Wildman–Crippen LogP) is 3.49. The molecule has 0 saturated carbocycles. The highest BCUT2D eigenvalue weighted by Gasteiger charge is 2.12. The van der Waals surface area contributed by atoms with Gasteiger partial charge in [0.05, 0.1) is 13.2 Å². The van der Waals surface area contributed by atoms with Gasteiger partial charge < -0.3 is 15.4 Å². The highest BCUT2D eigenvalue weighted by molar-refractivity contribution is 5.74. The summed E-state index contributed by atoms with van der Waals surface area (Å²) in [7, 11) is 1.62. The number of hydrogen-bond acceptors (Lipinski definition) is 2. The number of urea groups is 1. The molecule has 0 aliphatic rings. The number of methoxy groups -OCH3 is 1. The number of carbonyl (C=O) groups is 1. The molecule has 0 spiro atoms. The molecule has 0 saturated heterocycles. The van der Waals surface area contributed by atoms with Crippen LogP contribution in [-0.2, 0) is 0 Å². The van der Waals surface area contributed by atoms with Gasteiger partial charge in [0.2, 0.25) is 0 Å². The molecule has 1 rings (SSSR count). The van der Waals surface area contributed by atoms with E-state index in [1.165, 1.54) is 6.42 Å². The number of amides is 2. The predicted molar refractivity (Wildman–Crippen MR) is 79.6 cm³/mol. The van der Waals surface area contributed by atoms with E-state index in [0.29, 0.717) is 6.54 Å². The number of nitrogens with one attached hydrogen (secondary N) is 2. The van der Waals surface area contributed by atoms with E-state index in [-0.39, 0.29) is 12.1 Å². The number of rotatable bonds is 4. The SMILES string of the molecule is CCC.CCNC(=O)N[C@@H](C)c1ccccc1OC. The molecule has 0 aromatic heterocycles. The minimum atomic E-state index is -0.166. The number of hydrogen-bond donors (Lipinski definition) is 2. The van der Waals surface area contributed by atoms with Crippen LogP contribution in [0.2, 0.25) is 0 Å². The summed E-state index contributed by atoms with van der Waals surface area (Å²) in [5, 5.41) is 5.53. The lowest BCUT2D eigenvalue weighted by Gasteiger charge is -2.17. The monoisotopic (exact) mass is 266 g/mol. The Bertz CT molecular complexity index is 367. The molecular weight excluding hydrogens is 240 g/mol. The second-order valence-corrected chi connectivity index (χ2v) is 4.17. The molecule has 4 heteroatoms. The molecule has 19 heavy (non-hydrogen) atoms. The Kier molecular flexibility index (Phi) is 9.31. The highest BCUT2D eigenvalue weighted by atomic mass is 16.5. The maximum atomic E-state index is 11.4. The summed E-state index contributed by atoms with van der Waals surface area (Å²) in [4.78, 5) is 11.4. The first-order valence-electron chi connectivity index (χ1n) is 6.77. The van der Waals surface area contributed by atoms with Gasteiger partial charge >= 0.3 is 6.03 Å². The van der Waals surface area contributed by atoms with E-state index in [4.69, 9.17) is 4.74 Å². The first kappa shape index (κ1) is 17.3. The van der Waals surface area contributed by atoms with Gasteiger partial charge in [0.1, 0.15) is 5.75 Å². The van der Waals surface area contributed by atoms with Gasteiger partial charge in [-0.25, -0.2) is 4.79 Å². The van der Waals surface area contributed by atoms with Crippen molar-refractivity contribution in [1.29, 1.82) is 0 Å². The van der Waals surface area contributed by atoms with Crippen LogP contribution in [0.15, 0.2) is 24.3 Å². The first-order chi connectivity index (χ1) is 9.10. The van der Waals surface area contributed by atoms with Crippen LogP contribution in [0.5, 0.6) is 5.75 Å².